The zero-order valence-corrected chi connectivity index (χ0v) is 14.6. The van der Waals surface area contributed by atoms with Gasteiger partial charge >= 0.3 is 0 Å². The topological polar surface area (TPSA) is 76.6 Å². The molecule has 0 saturated carbocycles. The van der Waals surface area contributed by atoms with Crippen LogP contribution >= 0.6 is 0 Å². The number of aliphatic hydroxyl groups excluding tert-OH is 1. The van der Waals surface area contributed by atoms with Gasteiger partial charge in [0.05, 0.1) is 5.69 Å². The van der Waals surface area contributed by atoms with Crippen LogP contribution in [-0.4, -0.2) is 52.1 Å². The second-order valence-electron chi connectivity index (χ2n) is 7.34. The average Bonchev–Trinajstić information content (AvgIpc) is 2.94. The van der Waals surface area contributed by atoms with Gasteiger partial charge in [-0.1, -0.05) is 11.6 Å². The highest BCUT2D eigenvalue weighted by Gasteiger charge is 2.42. The monoisotopic (exact) mass is 340 g/mol. The number of H-pyrrole nitrogens is 1. The normalized spacial score (nSPS) is 28.8. The summed E-state index contributed by atoms with van der Waals surface area (Å²) in [6.45, 7) is 2.92. The van der Waals surface area contributed by atoms with E-state index in [-0.39, 0.29) is 36.0 Å². The number of fused-ring (bicyclic) bond motifs is 5. The number of nitrogens with one attached hydrogen (secondary N) is 1. The molecule has 1 aromatic carbocycles. The van der Waals surface area contributed by atoms with Gasteiger partial charge in [0.2, 0.25) is 0 Å². The van der Waals surface area contributed by atoms with Gasteiger partial charge in [-0.25, -0.2) is 0 Å². The molecule has 2 bridgehead atoms. The third-order valence-corrected chi connectivity index (χ3v) is 6.05. The number of ketones is 1. The fraction of sp³-hybridized carbons (Fsp3) is 0.450. The molecule has 1 aliphatic heterocycles. The van der Waals surface area contributed by atoms with Crippen molar-refractivity contribution in [2.24, 2.45) is 11.8 Å². The summed E-state index contributed by atoms with van der Waals surface area (Å²) in [5, 5.41) is 20.9. The van der Waals surface area contributed by atoms with Gasteiger partial charge in [-0.2, -0.15) is 0 Å². The van der Waals surface area contributed by atoms with E-state index in [1.165, 1.54) is 5.57 Å². The number of benzene rings is 1. The van der Waals surface area contributed by atoms with Crippen molar-refractivity contribution in [1.29, 1.82) is 0 Å². The first-order chi connectivity index (χ1) is 12.0. The molecule has 2 aromatic rings. The smallest absolute Gasteiger partial charge is 0.179 e. The van der Waals surface area contributed by atoms with Crippen molar-refractivity contribution in [3.05, 3.63) is 41.1 Å². The van der Waals surface area contributed by atoms with Gasteiger partial charge in [0.25, 0.3) is 0 Å². The average molecular weight is 340 g/mol. The standard InChI is InChI=1S/C20H24N2O3/c1-3-11-9-22(2)18-7-15-14-6-12(24)4-5-17(14)21-20(15)19(25)8-13(11)16(18)10-23/h3-6,13,16,18,21,23-24H,7-10H2,1-2H3/b11-3+/t13-,16?,18+/m1/s1. The van der Waals surface area contributed by atoms with Gasteiger partial charge in [-0.15, -0.1) is 0 Å². The number of carbonyl (C=O) groups excluding carboxylic acids is 1. The molecule has 132 valence electrons. The summed E-state index contributed by atoms with van der Waals surface area (Å²) in [4.78, 5) is 18.6. The van der Waals surface area contributed by atoms with E-state index in [4.69, 9.17) is 0 Å². The van der Waals surface area contributed by atoms with Crippen molar-refractivity contribution in [2.75, 3.05) is 20.2 Å². The SMILES string of the molecule is C/C=C1\CN(C)[C@H]2Cc3c([nH]c4ccc(O)cc34)C(=O)C[C@H]1C2CO. The van der Waals surface area contributed by atoms with Gasteiger partial charge in [-0.05, 0) is 50.1 Å². The van der Waals surface area contributed by atoms with E-state index in [0.29, 0.717) is 18.5 Å². The molecule has 5 heteroatoms. The maximum atomic E-state index is 13.0. The number of phenols is 1. The molecule has 3 atom stereocenters. The quantitative estimate of drug-likeness (QED) is 0.697. The van der Waals surface area contributed by atoms with E-state index in [2.05, 4.69) is 23.0 Å². The van der Waals surface area contributed by atoms with Crippen molar-refractivity contribution in [2.45, 2.75) is 25.8 Å². The summed E-state index contributed by atoms with van der Waals surface area (Å²) in [6, 6.07) is 5.35. The summed E-state index contributed by atoms with van der Waals surface area (Å²) in [7, 11) is 2.09. The molecule has 0 amide bonds. The molecular formula is C20H24N2O3. The minimum Gasteiger partial charge on any atom is -0.508 e. The number of nitrogens with zero attached hydrogens (tertiary/aromatic N) is 1. The van der Waals surface area contributed by atoms with Crippen LogP contribution in [0.25, 0.3) is 10.9 Å². The Kier molecular flexibility index (Phi) is 3.93. The largest absolute Gasteiger partial charge is 0.508 e. The Bertz CT molecular complexity index is 867. The number of rotatable bonds is 1. The highest BCUT2D eigenvalue weighted by Crippen LogP contribution is 2.41. The second-order valence-corrected chi connectivity index (χ2v) is 7.34. The number of likely N-dealkylation sites (N-methyl/N-ethyl adjacent to an activating group) is 1. The van der Waals surface area contributed by atoms with Crippen LogP contribution in [0.4, 0.5) is 0 Å². The summed E-state index contributed by atoms with van der Waals surface area (Å²) in [5.41, 5.74) is 3.75. The Morgan fingerprint density at radius 1 is 1.36 bits per heavy atom. The Morgan fingerprint density at radius 2 is 2.16 bits per heavy atom. The number of piperidine rings is 1. The van der Waals surface area contributed by atoms with Crippen molar-refractivity contribution in [3.8, 4) is 5.75 Å². The van der Waals surface area contributed by atoms with Gasteiger partial charge in [0, 0.05) is 42.4 Å². The predicted molar refractivity (Wildman–Crippen MR) is 96.9 cm³/mol. The minimum absolute atomic E-state index is 0.0457. The molecule has 25 heavy (non-hydrogen) atoms. The Hall–Kier alpha value is -2.11. The molecule has 3 N–H and O–H groups in total. The van der Waals surface area contributed by atoms with Gasteiger partial charge in [0.1, 0.15) is 5.75 Å². The second kappa shape index (κ2) is 6.00. The number of aromatic hydroxyl groups is 1. The third-order valence-electron chi connectivity index (χ3n) is 6.05. The van der Waals surface area contributed by atoms with E-state index in [9.17, 15) is 15.0 Å². The highest BCUT2D eigenvalue weighted by molar-refractivity contribution is 6.03. The van der Waals surface area contributed by atoms with Crippen LogP contribution in [0.1, 0.15) is 29.4 Å². The number of phenolic OH excluding ortho intramolecular Hbond substituents is 1. The summed E-state index contributed by atoms with van der Waals surface area (Å²) < 4.78 is 0. The molecule has 1 fully saturated rings. The number of aromatic amines is 1. The molecule has 5 nitrogen and oxygen atoms in total. The Morgan fingerprint density at radius 3 is 2.88 bits per heavy atom. The Balaban J connectivity index is 1.90. The molecule has 0 spiro atoms. The summed E-state index contributed by atoms with van der Waals surface area (Å²) in [6.07, 6.45) is 3.21. The van der Waals surface area contributed by atoms with Crippen LogP contribution in [0.3, 0.4) is 0 Å². The first-order valence-corrected chi connectivity index (χ1v) is 8.86. The van der Waals surface area contributed by atoms with Crippen LogP contribution in [0.15, 0.2) is 29.8 Å². The maximum Gasteiger partial charge on any atom is 0.179 e. The number of Topliss-reactive ketones (excluding diaryl/α,β-unsaturated/α-hetero) is 1. The molecule has 1 aromatic heterocycles. The molecule has 0 radical (unpaired) electrons. The van der Waals surface area contributed by atoms with Gasteiger partial charge in [-0.3, -0.25) is 9.69 Å². The van der Waals surface area contributed by atoms with E-state index >= 15 is 0 Å². The summed E-state index contributed by atoms with van der Waals surface area (Å²) >= 11 is 0. The zero-order valence-electron chi connectivity index (χ0n) is 14.6. The number of hydrogen-bond acceptors (Lipinski definition) is 4. The lowest BCUT2D eigenvalue weighted by atomic mass is 9.71. The first-order valence-electron chi connectivity index (χ1n) is 8.86. The van der Waals surface area contributed by atoms with Gasteiger partial charge < -0.3 is 15.2 Å². The lowest BCUT2D eigenvalue weighted by Gasteiger charge is -2.46. The van der Waals surface area contributed by atoms with E-state index in [0.717, 1.165) is 23.0 Å². The van der Waals surface area contributed by atoms with Crippen molar-refractivity contribution >= 4 is 16.7 Å². The van der Waals surface area contributed by atoms with Crippen molar-refractivity contribution in [1.82, 2.24) is 9.88 Å². The number of likely N-dealkylation sites (tertiary alicyclic amines) is 1. The number of aromatic nitrogens is 1. The maximum absolute atomic E-state index is 13.0. The highest BCUT2D eigenvalue weighted by atomic mass is 16.3. The first kappa shape index (κ1) is 16.4. The molecule has 2 heterocycles. The van der Waals surface area contributed by atoms with Crippen molar-refractivity contribution < 1.29 is 15.0 Å². The molecule has 2 aliphatic rings. The molecule has 1 saturated heterocycles. The number of allylic oxidation sites excluding steroid dienone is 1. The van der Waals surface area contributed by atoms with Crippen LogP contribution in [0.2, 0.25) is 0 Å². The zero-order chi connectivity index (χ0) is 17.7. The van der Waals surface area contributed by atoms with Crippen LogP contribution in [-0.2, 0) is 6.42 Å². The molecule has 1 aliphatic carbocycles. The third kappa shape index (κ3) is 2.50. The van der Waals surface area contributed by atoms with E-state index in [1.54, 1.807) is 12.1 Å². The lowest BCUT2D eigenvalue weighted by molar-refractivity contribution is 0.0518. The molecule has 1 unspecified atom stereocenters. The number of hydrogen-bond donors (Lipinski definition) is 3. The minimum atomic E-state index is 0.0457. The Labute approximate surface area is 147 Å². The van der Waals surface area contributed by atoms with Crippen LogP contribution in [0, 0.1) is 11.8 Å². The fourth-order valence-electron chi connectivity index (χ4n) is 4.73. The van der Waals surface area contributed by atoms with Crippen LogP contribution in [0.5, 0.6) is 5.75 Å². The predicted octanol–water partition coefficient (Wildman–Crippen LogP) is 2.49. The lowest BCUT2D eigenvalue weighted by Crippen LogP contribution is -2.52. The molecular weight excluding hydrogens is 316 g/mol. The number of carbonyl (C=O) groups is 1. The fourth-order valence-corrected chi connectivity index (χ4v) is 4.73. The van der Waals surface area contributed by atoms with E-state index in [1.807, 2.05) is 13.0 Å². The summed E-state index contributed by atoms with van der Waals surface area (Å²) in [5.74, 6) is 0.436. The van der Waals surface area contributed by atoms with Crippen molar-refractivity contribution in [3.63, 3.8) is 0 Å². The van der Waals surface area contributed by atoms with E-state index < -0.39 is 0 Å². The van der Waals surface area contributed by atoms with Crippen LogP contribution < -0.4 is 0 Å². The molecule has 4 rings (SSSR count). The number of aliphatic hydroxyl groups is 1. The van der Waals surface area contributed by atoms with Gasteiger partial charge in [0.15, 0.2) is 5.78 Å².